The predicted molar refractivity (Wildman–Crippen MR) is 249 cm³/mol. The number of benzene rings is 3. The van der Waals surface area contributed by atoms with Crippen LogP contribution in [-0.2, 0) is 27.8 Å². The van der Waals surface area contributed by atoms with E-state index in [-0.39, 0.29) is 29.1 Å². The molecule has 2 atom stereocenters. The van der Waals surface area contributed by atoms with Gasteiger partial charge in [-0.3, -0.25) is 14.4 Å². The Balaban J connectivity index is 0.836. The number of rotatable bonds is 13. The predicted octanol–water partition coefficient (Wildman–Crippen LogP) is 6.52. The molecule has 5 aromatic rings. The van der Waals surface area contributed by atoms with E-state index in [1.54, 1.807) is 12.3 Å². The number of H-pyrrole nitrogens is 1. The van der Waals surface area contributed by atoms with Crippen molar-refractivity contribution in [2.24, 2.45) is 5.41 Å². The quantitative estimate of drug-likeness (QED) is 0.0869. The summed E-state index contributed by atoms with van der Waals surface area (Å²) >= 11 is 0. The third-order valence-electron chi connectivity index (χ3n) is 13.9. The van der Waals surface area contributed by atoms with E-state index in [1.807, 2.05) is 41.3 Å². The largest absolute Gasteiger partial charge is 0.465 e. The van der Waals surface area contributed by atoms with E-state index in [0.29, 0.717) is 88.3 Å². The van der Waals surface area contributed by atoms with Crippen molar-refractivity contribution in [3.05, 3.63) is 99.9 Å². The Morgan fingerprint density at radius 1 is 1.03 bits per heavy atom. The van der Waals surface area contributed by atoms with Crippen LogP contribution in [0.15, 0.2) is 60.8 Å². The average molecular weight is 866 g/mol. The van der Waals surface area contributed by atoms with Crippen molar-refractivity contribution in [3.8, 4) is 6.07 Å². The highest BCUT2D eigenvalue weighted by molar-refractivity contribution is 6.20. The summed E-state index contributed by atoms with van der Waals surface area (Å²) in [4.78, 5) is 67.5. The number of nitrogens with two attached hydrogens (primary N) is 1. The van der Waals surface area contributed by atoms with Gasteiger partial charge in [-0.15, -0.1) is 0 Å². The molecule has 0 radical (unpaired) electrons. The van der Waals surface area contributed by atoms with Crippen LogP contribution in [0, 0.1) is 16.7 Å². The number of nitrogen functional groups attached to an aromatic ring is 1. The first-order chi connectivity index (χ1) is 30.6. The molecule has 2 aliphatic heterocycles. The van der Waals surface area contributed by atoms with Crippen LogP contribution in [0.5, 0.6) is 0 Å². The van der Waals surface area contributed by atoms with Gasteiger partial charge in [-0.1, -0.05) is 65.0 Å². The molecule has 4 heterocycles. The number of fused-ring (bicyclic) bond motifs is 5. The molecule has 2 aromatic heterocycles. The van der Waals surface area contributed by atoms with Gasteiger partial charge in [0.25, 0.3) is 0 Å². The molecule has 2 fully saturated rings. The number of nitrogens with zero attached hydrogens (tertiary/aromatic N) is 5. The third-order valence-corrected chi connectivity index (χ3v) is 13.9. The zero-order chi connectivity index (χ0) is 45.5. The lowest BCUT2D eigenvalue weighted by atomic mass is 9.70. The van der Waals surface area contributed by atoms with Crippen molar-refractivity contribution in [1.29, 1.82) is 5.26 Å². The number of pyridine rings is 1. The van der Waals surface area contributed by atoms with Gasteiger partial charge in [0.1, 0.15) is 11.9 Å². The SMILES string of the molecule is CCc1cc2c(cc1N1CCN(C(=O)CCCN3C[C@H](NC(=O)[C@H](CCCc4c(N)ncc5ccccc45)NC(=O)O)C(C)(C)C3)CC1)C(C)(C)c1[nH]c3cc(C#N)ccc3c1C2=O. The molecule has 3 amide bonds. The Bertz CT molecular complexity index is 2690. The topological polar surface area (TPSA) is 201 Å². The minimum Gasteiger partial charge on any atom is -0.465 e. The lowest BCUT2D eigenvalue weighted by molar-refractivity contribution is -0.131. The van der Waals surface area contributed by atoms with Gasteiger partial charge in [0, 0.05) is 102 Å². The van der Waals surface area contributed by atoms with Crippen molar-refractivity contribution >= 4 is 56.9 Å². The number of aromatic amines is 1. The maximum atomic E-state index is 14.1. The van der Waals surface area contributed by atoms with Crippen LogP contribution in [0.2, 0.25) is 0 Å². The summed E-state index contributed by atoms with van der Waals surface area (Å²) in [6, 6.07) is 18.6. The average Bonchev–Trinajstić information content (AvgIpc) is 3.81. The van der Waals surface area contributed by atoms with E-state index in [0.717, 1.165) is 68.3 Å². The molecule has 334 valence electrons. The summed E-state index contributed by atoms with van der Waals surface area (Å²) < 4.78 is 0. The Morgan fingerprint density at radius 3 is 2.53 bits per heavy atom. The zero-order valence-electron chi connectivity index (χ0n) is 37.5. The molecule has 3 aliphatic rings. The summed E-state index contributed by atoms with van der Waals surface area (Å²) in [6.45, 7) is 15.3. The van der Waals surface area contributed by atoms with E-state index in [4.69, 9.17) is 5.73 Å². The number of piperazine rings is 1. The second-order valence-corrected chi connectivity index (χ2v) is 18.9. The van der Waals surface area contributed by atoms with Gasteiger partial charge < -0.3 is 41.2 Å². The number of carbonyl (C=O) groups is 4. The fraction of sp³-hybridized carbons (Fsp3) is 0.440. The van der Waals surface area contributed by atoms with E-state index < -0.39 is 17.6 Å². The van der Waals surface area contributed by atoms with E-state index in [9.17, 15) is 29.5 Å². The first kappa shape index (κ1) is 44.2. The smallest absolute Gasteiger partial charge is 0.405 e. The van der Waals surface area contributed by atoms with Gasteiger partial charge in [0.15, 0.2) is 5.78 Å². The highest BCUT2D eigenvalue weighted by Crippen LogP contribution is 2.46. The first-order valence-corrected chi connectivity index (χ1v) is 22.5. The van der Waals surface area contributed by atoms with Crippen LogP contribution in [0.25, 0.3) is 21.7 Å². The third kappa shape index (κ3) is 8.48. The number of carbonyl (C=O) groups excluding carboxylic acids is 3. The van der Waals surface area contributed by atoms with Gasteiger partial charge in [-0.2, -0.15) is 5.26 Å². The van der Waals surface area contributed by atoms with Crippen molar-refractivity contribution in [1.82, 2.24) is 30.4 Å². The number of hydrogen-bond acceptors (Lipinski definition) is 9. The van der Waals surface area contributed by atoms with Crippen molar-refractivity contribution < 1.29 is 24.3 Å². The van der Waals surface area contributed by atoms with Crippen LogP contribution >= 0.6 is 0 Å². The number of carboxylic acid groups (broad SMARTS) is 1. The summed E-state index contributed by atoms with van der Waals surface area (Å²) in [5, 5.41) is 27.5. The standard InChI is InChI=1S/C50H59N9O5/c1-6-31-24-36-37(50(4,5)45-43(44(36)61)35-17-16-30(26-51)23-39(35)54-45)25-40(31)58-19-21-59(22-20-58)42(60)15-10-18-57-28-41(49(2,3)29-57)56-47(62)38(55-48(63)64)14-9-13-34-33-12-8-7-11-32(33)27-53-46(34)52/h7-8,11-12,16-17,23-25,27,38,41,54-55H,6,9-10,13-15,18-22,28-29H2,1-5H3,(H2,52,53)(H,56,62)(H,63,64)/t38-,41-/m0/s1. The normalized spacial score (nSPS) is 18.4. The highest BCUT2D eigenvalue weighted by Gasteiger charge is 2.42. The number of nitrogens with one attached hydrogen (secondary N) is 3. The first-order valence-electron chi connectivity index (χ1n) is 22.5. The van der Waals surface area contributed by atoms with Crippen molar-refractivity contribution in [2.45, 2.75) is 90.6 Å². The molecule has 64 heavy (non-hydrogen) atoms. The summed E-state index contributed by atoms with van der Waals surface area (Å²) in [5.41, 5.74) is 13.2. The molecule has 2 saturated heterocycles. The number of anilines is 2. The fourth-order valence-electron chi connectivity index (χ4n) is 10.3. The number of aromatic nitrogens is 2. The summed E-state index contributed by atoms with van der Waals surface area (Å²) in [5.74, 6) is 0.216. The lowest BCUT2D eigenvalue weighted by Crippen LogP contribution is -2.52. The molecule has 0 saturated carbocycles. The van der Waals surface area contributed by atoms with Gasteiger partial charge in [-0.05, 0) is 84.8 Å². The summed E-state index contributed by atoms with van der Waals surface area (Å²) in [7, 11) is 0. The molecule has 3 aromatic carbocycles. The second kappa shape index (κ2) is 17.6. The Morgan fingerprint density at radius 2 is 1.80 bits per heavy atom. The molecule has 14 heteroatoms. The Labute approximate surface area is 374 Å². The Hall–Kier alpha value is -6.46. The van der Waals surface area contributed by atoms with Crippen LogP contribution in [0.1, 0.15) is 104 Å². The maximum absolute atomic E-state index is 14.1. The fourth-order valence-corrected chi connectivity index (χ4v) is 10.3. The zero-order valence-corrected chi connectivity index (χ0v) is 37.5. The molecule has 8 rings (SSSR count). The van der Waals surface area contributed by atoms with Crippen LogP contribution < -0.4 is 21.3 Å². The summed E-state index contributed by atoms with van der Waals surface area (Å²) in [6.07, 6.45) is 3.76. The minimum atomic E-state index is -1.25. The van der Waals surface area contributed by atoms with Gasteiger partial charge >= 0.3 is 6.09 Å². The molecule has 0 bridgehead atoms. The van der Waals surface area contributed by atoms with Gasteiger partial charge in [0.05, 0.1) is 17.2 Å². The highest BCUT2D eigenvalue weighted by atomic mass is 16.4. The molecule has 14 nitrogen and oxygen atoms in total. The van der Waals surface area contributed by atoms with Gasteiger partial charge in [-0.25, -0.2) is 9.78 Å². The monoisotopic (exact) mass is 865 g/mol. The van der Waals surface area contributed by atoms with Crippen LogP contribution in [0.4, 0.5) is 16.3 Å². The number of amides is 3. The minimum absolute atomic E-state index is 0.000444. The molecule has 0 spiro atoms. The van der Waals surface area contributed by atoms with Gasteiger partial charge in [0.2, 0.25) is 11.8 Å². The lowest BCUT2D eigenvalue weighted by Gasteiger charge is -2.39. The van der Waals surface area contributed by atoms with E-state index in [1.165, 1.54) is 0 Å². The molecular weight excluding hydrogens is 807 g/mol. The van der Waals surface area contributed by atoms with E-state index in [2.05, 4.69) is 83.2 Å². The number of hydrogen-bond donors (Lipinski definition) is 5. The molecule has 0 unspecified atom stereocenters. The van der Waals surface area contributed by atoms with Crippen molar-refractivity contribution in [3.63, 3.8) is 0 Å². The second-order valence-electron chi connectivity index (χ2n) is 18.9. The van der Waals surface area contributed by atoms with Crippen LogP contribution in [0.3, 0.4) is 0 Å². The van der Waals surface area contributed by atoms with Crippen molar-refractivity contribution in [2.75, 3.05) is 56.4 Å². The van der Waals surface area contributed by atoms with E-state index >= 15 is 0 Å². The number of aryl methyl sites for hydroxylation is 2. The molecular formula is C50H59N9O5. The maximum Gasteiger partial charge on any atom is 0.405 e. The molecule has 1 aliphatic carbocycles. The Kier molecular flexibility index (Phi) is 12.1. The number of likely N-dealkylation sites (tertiary alicyclic amines) is 1. The number of nitriles is 1. The molecule has 6 N–H and O–H groups in total. The number of ketones is 1. The van der Waals surface area contributed by atoms with Crippen LogP contribution in [-0.4, -0.2) is 106 Å².